The zero-order valence-electron chi connectivity index (χ0n) is 16.0. The number of thioether (sulfide) groups is 1. The molecule has 6 nitrogen and oxygen atoms in total. The van der Waals surface area contributed by atoms with Crippen molar-refractivity contribution in [1.82, 2.24) is 19.6 Å². The molecular weight excluding hydrogens is 346 g/mol. The largest absolute Gasteiger partial charge is 0.315 e. The number of hydrogen-bond acceptors (Lipinski definition) is 5. The van der Waals surface area contributed by atoms with Crippen LogP contribution < -0.4 is 4.90 Å². The highest BCUT2D eigenvalue weighted by Crippen LogP contribution is 2.23. The average molecular weight is 369 g/mol. The maximum Gasteiger partial charge on any atom is 0.253 e. The second-order valence-corrected chi connectivity index (χ2v) is 7.26. The summed E-state index contributed by atoms with van der Waals surface area (Å²) >= 11 is 1.48. The summed E-state index contributed by atoms with van der Waals surface area (Å²) < 4.78 is 1.72. The standard InChI is InChI=1S/C19H23N5OS/c1-11-7-8-12(2)16(9-11)23(5)17(25)10-15-13(3)20-18-21-19(26-6)22-24(18)14(15)4/h7-9H,10H2,1-6H3. The van der Waals surface area contributed by atoms with Crippen molar-refractivity contribution >= 4 is 29.1 Å². The molecule has 2 heterocycles. The molecule has 3 rings (SSSR count). The van der Waals surface area contributed by atoms with Crippen LogP contribution in [0.3, 0.4) is 0 Å². The zero-order chi connectivity index (χ0) is 19.0. The number of aryl methyl sites for hydroxylation is 4. The predicted molar refractivity (Wildman–Crippen MR) is 105 cm³/mol. The van der Waals surface area contributed by atoms with Gasteiger partial charge in [0.15, 0.2) is 0 Å². The Kier molecular flexibility index (Phi) is 5.00. The van der Waals surface area contributed by atoms with E-state index < -0.39 is 0 Å². The Balaban J connectivity index is 1.95. The molecule has 0 radical (unpaired) electrons. The van der Waals surface area contributed by atoms with Crippen molar-refractivity contribution in [3.05, 3.63) is 46.3 Å². The fraction of sp³-hybridized carbons (Fsp3) is 0.368. The normalized spacial score (nSPS) is 11.2. The first-order valence-electron chi connectivity index (χ1n) is 8.42. The molecule has 0 N–H and O–H groups in total. The molecule has 26 heavy (non-hydrogen) atoms. The summed E-state index contributed by atoms with van der Waals surface area (Å²) in [5.41, 5.74) is 5.77. The molecule has 0 fully saturated rings. The SMILES string of the molecule is CSc1nc2nc(C)c(CC(=O)N(C)c3cc(C)ccc3C)c(C)n2n1. The summed E-state index contributed by atoms with van der Waals surface area (Å²) in [6.07, 6.45) is 2.21. The highest BCUT2D eigenvalue weighted by molar-refractivity contribution is 7.98. The van der Waals surface area contributed by atoms with E-state index in [2.05, 4.69) is 21.1 Å². The van der Waals surface area contributed by atoms with E-state index in [-0.39, 0.29) is 12.3 Å². The monoisotopic (exact) mass is 369 g/mol. The van der Waals surface area contributed by atoms with Gasteiger partial charge in [0.25, 0.3) is 5.78 Å². The van der Waals surface area contributed by atoms with Gasteiger partial charge in [-0.2, -0.15) is 4.98 Å². The number of benzene rings is 1. The highest BCUT2D eigenvalue weighted by Gasteiger charge is 2.19. The van der Waals surface area contributed by atoms with E-state index in [0.717, 1.165) is 33.8 Å². The van der Waals surface area contributed by atoms with Gasteiger partial charge in [-0.05, 0) is 51.1 Å². The van der Waals surface area contributed by atoms with Crippen molar-refractivity contribution < 1.29 is 4.79 Å². The number of amides is 1. The maximum atomic E-state index is 12.9. The number of nitrogens with zero attached hydrogens (tertiary/aromatic N) is 5. The number of rotatable bonds is 4. The Labute approximate surface area is 157 Å². The van der Waals surface area contributed by atoms with E-state index in [9.17, 15) is 4.79 Å². The number of hydrogen-bond donors (Lipinski definition) is 0. The lowest BCUT2D eigenvalue weighted by Gasteiger charge is -2.21. The van der Waals surface area contributed by atoms with Gasteiger partial charge in [0.2, 0.25) is 11.1 Å². The van der Waals surface area contributed by atoms with Gasteiger partial charge in [0.1, 0.15) is 0 Å². The first-order valence-corrected chi connectivity index (χ1v) is 9.65. The van der Waals surface area contributed by atoms with Crippen LogP contribution >= 0.6 is 11.8 Å². The third kappa shape index (κ3) is 3.31. The summed E-state index contributed by atoms with van der Waals surface area (Å²) in [4.78, 5) is 23.6. The van der Waals surface area contributed by atoms with E-state index in [1.807, 2.05) is 53.1 Å². The number of likely N-dealkylation sites (N-methyl/N-ethyl adjacent to an activating group) is 1. The van der Waals surface area contributed by atoms with Gasteiger partial charge < -0.3 is 4.90 Å². The molecule has 0 unspecified atom stereocenters. The van der Waals surface area contributed by atoms with Crippen molar-refractivity contribution in [2.45, 2.75) is 39.3 Å². The zero-order valence-corrected chi connectivity index (χ0v) is 16.8. The van der Waals surface area contributed by atoms with Crippen molar-refractivity contribution in [2.75, 3.05) is 18.2 Å². The Morgan fingerprint density at radius 1 is 1.19 bits per heavy atom. The van der Waals surface area contributed by atoms with Gasteiger partial charge in [-0.1, -0.05) is 23.9 Å². The summed E-state index contributed by atoms with van der Waals surface area (Å²) in [6, 6.07) is 6.13. The molecule has 0 bridgehead atoms. The molecule has 3 aromatic rings. The maximum absolute atomic E-state index is 12.9. The van der Waals surface area contributed by atoms with E-state index >= 15 is 0 Å². The number of fused-ring (bicyclic) bond motifs is 1. The fourth-order valence-electron chi connectivity index (χ4n) is 3.02. The van der Waals surface area contributed by atoms with Crippen molar-refractivity contribution in [3.8, 4) is 0 Å². The quantitative estimate of drug-likeness (QED) is 0.661. The van der Waals surface area contributed by atoms with Gasteiger partial charge in [-0.3, -0.25) is 4.79 Å². The minimum atomic E-state index is 0.0243. The number of anilines is 1. The van der Waals surface area contributed by atoms with Crippen LogP contribution in [0.4, 0.5) is 5.69 Å². The minimum Gasteiger partial charge on any atom is -0.315 e. The smallest absolute Gasteiger partial charge is 0.253 e. The van der Waals surface area contributed by atoms with Gasteiger partial charge in [-0.15, -0.1) is 5.10 Å². The van der Waals surface area contributed by atoms with Crippen LogP contribution in [0.5, 0.6) is 0 Å². The van der Waals surface area contributed by atoms with Crippen LogP contribution in [0.15, 0.2) is 23.4 Å². The Hall–Kier alpha value is -2.41. The Morgan fingerprint density at radius 3 is 2.62 bits per heavy atom. The van der Waals surface area contributed by atoms with Crippen molar-refractivity contribution in [3.63, 3.8) is 0 Å². The summed E-state index contributed by atoms with van der Waals surface area (Å²) in [7, 11) is 1.82. The van der Waals surface area contributed by atoms with Crippen LogP contribution in [0.1, 0.15) is 28.1 Å². The molecule has 0 aliphatic carbocycles. The van der Waals surface area contributed by atoms with Crippen molar-refractivity contribution in [1.29, 1.82) is 0 Å². The lowest BCUT2D eigenvalue weighted by Crippen LogP contribution is -2.29. The molecular formula is C19H23N5OS. The Morgan fingerprint density at radius 2 is 1.92 bits per heavy atom. The lowest BCUT2D eigenvalue weighted by atomic mass is 10.1. The molecule has 0 saturated carbocycles. The van der Waals surface area contributed by atoms with E-state index in [1.54, 1.807) is 9.42 Å². The first-order chi connectivity index (χ1) is 12.3. The third-order valence-electron chi connectivity index (χ3n) is 4.64. The van der Waals surface area contributed by atoms with Crippen molar-refractivity contribution in [2.24, 2.45) is 0 Å². The number of carbonyl (C=O) groups is 1. The van der Waals surface area contributed by atoms with Gasteiger partial charge in [0, 0.05) is 29.7 Å². The molecule has 0 spiro atoms. The third-order valence-corrected chi connectivity index (χ3v) is 5.18. The molecule has 0 atom stereocenters. The molecule has 0 saturated heterocycles. The molecule has 136 valence electrons. The number of carbonyl (C=O) groups excluding carboxylic acids is 1. The number of aromatic nitrogens is 4. The van der Waals surface area contributed by atoms with E-state index in [1.165, 1.54) is 11.8 Å². The fourth-order valence-corrected chi connectivity index (χ4v) is 3.35. The minimum absolute atomic E-state index is 0.0243. The predicted octanol–water partition coefficient (Wildman–Crippen LogP) is 3.29. The summed E-state index contributed by atoms with van der Waals surface area (Å²) in [5, 5.41) is 5.13. The summed E-state index contributed by atoms with van der Waals surface area (Å²) in [5.74, 6) is 0.597. The molecule has 0 aliphatic rings. The molecule has 1 amide bonds. The summed E-state index contributed by atoms with van der Waals surface area (Å²) in [6.45, 7) is 7.92. The first kappa shape index (κ1) is 18.4. The molecule has 7 heteroatoms. The van der Waals surface area contributed by atoms with Gasteiger partial charge in [0.05, 0.1) is 6.42 Å². The van der Waals surface area contributed by atoms with E-state index in [4.69, 9.17) is 0 Å². The second kappa shape index (κ2) is 7.07. The van der Waals surface area contributed by atoms with E-state index in [0.29, 0.717) is 10.9 Å². The van der Waals surface area contributed by atoms with Gasteiger partial charge in [-0.25, -0.2) is 9.50 Å². The Bertz CT molecular complexity index is 995. The molecule has 1 aromatic carbocycles. The lowest BCUT2D eigenvalue weighted by molar-refractivity contribution is -0.117. The highest BCUT2D eigenvalue weighted by atomic mass is 32.2. The second-order valence-electron chi connectivity index (χ2n) is 6.49. The average Bonchev–Trinajstić information content (AvgIpc) is 3.03. The van der Waals surface area contributed by atoms with Crippen LogP contribution in [-0.2, 0) is 11.2 Å². The molecule has 0 aliphatic heterocycles. The van der Waals surface area contributed by atoms with Crippen LogP contribution in [0.2, 0.25) is 0 Å². The van der Waals surface area contributed by atoms with Gasteiger partial charge >= 0.3 is 0 Å². The van der Waals surface area contributed by atoms with Crippen LogP contribution in [-0.4, -0.2) is 38.8 Å². The van der Waals surface area contributed by atoms with Crippen LogP contribution in [0.25, 0.3) is 5.78 Å². The molecule has 2 aromatic heterocycles. The van der Waals surface area contributed by atoms with Crippen LogP contribution in [0, 0.1) is 27.7 Å². The topological polar surface area (TPSA) is 63.4 Å².